The molecule has 0 fully saturated rings. The van der Waals surface area contributed by atoms with Gasteiger partial charge in [-0.3, -0.25) is 4.68 Å². The number of hydrogen-bond acceptors (Lipinski definition) is 6. The van der Waals surface area contributed by atoms with E-state index in [-0.39, 0.29) is 6.61 Å². The van der Waals surface area contributed by atoms with Crippen molar-refractivity contribution in [2.24, 2.45) is 0 Å². The van der Waals surface area contributed by atoms with Crippen LogP contribution in [-0.2, 0) is 22.7 Å². The van der Waals surface area contributed by atoms with E-state index in [1.165, 1.54) is 17.4 Å². The number of methoxy groups -OCH3 is 1. The largest absolute Gasteiger partial charge is 0.496 e. The molecule has 0 aliphatic rings. The predicted molar refractivity (Wildman–Crippen MR) is 135 cm³/mol. The van der Waals surface area contributed by atoms with Crippen molar-refractivity contribution in [1.82, 2.24) is 14.8 Å². The molecule has 0 saturated carbocycles. The number of nitrogens with zero attached hydrogens (tertiary/aromatic N) is 3. The first-order valence-electron chi connectivity index (χ1n) is 10.7. The third-order valence-electron chi connectivity index (χ3n) is 5.35. The Labute approximate surface area is 207 Å². The molecule has 2 aromatic carbocycles. The molecular weight excluding hydrogens is 470 g/mol. The van der Waals surface area contributed by atoms with Crippen LogP contribution in [0.4, 0.5) is 0 Å². The lowest BCUT2D eigenvalue weighted by atomic mass is 10.1. The van der Waals surface area contributed by atoms with Gasteiger partial charge in [-0.2, -0.15) is 5.10 Å². The maximum absolute atomic E-state index is 12.3. The van der Waals surface area contributed by atoms with Crippen molar-refractivity contribution in [3.63, 3.8) is 0 Å². The van der Waals surface area contributed by atoms with E-state index in [1.807, 2.05) is 72.4 Å². The van der Waals surface area contributed by atoms with Crippen LogP contribution in [0.25, 0.3) is 16.6 Å². The number of benzene rings is 2. The minimum atomic E-state index is -0.440. The third-order valence-corrected chi connectivity index (χ3v) is 6.65. The lowest BCUT2D eigenvalue weighted by molar-refractivity contribution is -0.139. The van der Waals surface area contributed by atoms with Crippen molar-refractivity contribution in [2.45, 2.75) is 27.0 Å². The first-order valence-corrected chi connectivity index (χ1v) is 11.9. The number of carbonyl (C=O) groups excluding carboxylic acids is 1. The number of thiazole rings is 1. The number of hydrogen-bond donors (Lipinski definition) is 0. The third kappa shape index (κ3) is 5.38. The van der Waals surface area contributed by atoms with E-state index >= 15 is 0 Å². The van der Waals surface area contributed by atoms with E-state index in [4.69, 9.17) is 21.1 Å². The maximum atomic E-state index is 12.3. The fourth-order valence-electron chi connectivity index (χ4n) is 3.56. The molecule has 0 aliphatic heterocycles. The molecule has 0 unspecified atom stereocenters. The van der Waals surface area contributed by atoms with Gasteiger partial charge in [-0.25, -0.2) is 9.78 Å². The second-order valence-corrected chi connectivity index (χ2v) is 8.88. The molecule has 0 atom stereocenters. The number of aryl methyl sites for hydroxylation is 1. The van der Waals surface area contributed by atoms with Crippen LogP contribution in [0.1, 0.15) is 28.2 Å². The summed E-state index contributed by atoms with van der Waals surface area (Å²) in [5, 5.41) is 8.00. The van der Waals surface area contributed by atoms with Crippen LogP contribution in [-0.4, -0.2) is 27.8 Å². The molecule has 0 saturated heterocycles. The molecule has 0 bridgehead atoms. The van der Waals surface area contributed by atoms with Gasteiger partial charge in [0, 0.05) is 27.7 Å². The van der Waals surface area contributed by atoms with Crippen LogP contribution in [0, 0.1) is 13.8 Å². The molecule has 0 spiro atoms. The smallest absolute Gasteiger partial charge is 0.331 e. The maximum Gasteiger partial charge on any atom is 0.331 e. The molecule has 174 valence electrons. The molecule has 2 heterocycles. The minimum absolute atomic E-state index is 0.0958. The molecule has 0 radical (unpaired) electrons. The van der Waals surface area contributed by atoms with E-state index in [0.29, 0.717) is 17.3 Å². The number of aromatic nitrogens is 3. The molecule has 0 amide bonds. The standard InChI is InChI=1S/C26H24ClN3O3S/c1-17-21(18(2)30(29-17)14-19-8-4-6-10-23(19)27)12-13-25(31)33-15-20-16-34-26(28-20)22-9-5-7-11-24(22)32-3/h4-13,16H,14-15H2,1-3H3/b13-12+. The molecule has 2 aromatic heterocycles. The average molecular weight is 494 g/mol. The monoisotopic (exact) mass is 493 g/mol. The Balaban J connectivity index is 1.39. The van der Waals surface area contributed by atoms with Crippen molar-refractivity contribution >= 4 is 35.0 Å². The summed E-state index contributed by atoms with van der Waals surface area (Å²) in [6.45, 7) is 4.54. The lowest BCUT2D eigenvalue weighted by Crippen LogP contribution is -2.04. The number of halogens is 1. The molecule has 4 aromatic rings. The fraction of sp³-hybridized carbons (Fsp3) is 0.192. The summed E-state index contributed by atoms with van der Waals surface area (Å²) >= 11 is 7.77. The summed E-state index contributed by atoms with van der Waals surface area (Å²) in [5.41, 5.74) is 5.24. The van der Waals surface area contributed by atoms with Crippen LogP contribution in [0.3, 0.4) is 0 Å². The summed E-state index contributed by atoms with van der Waals surface area (Å²) < 4.78 is 12.7. The summed E-state index contributed by atoms with van der Waals surface area (Å²) in [6, 6.07) is 15.4. The van der Waals surface area contributed by atoms with Crippen LogP contribution in [0.5, 0.6) is 5.75 Å². The van der Waals surface area contributed by atoms with E-state index in [0.717, 1.165) is 38.8 Å². The van der Waals surface area contributed by atoms with Gasteiger partial charge in [0.15, 0.2) is 0 Å². The molecule has 34 heavy (non-hydrogen) atoms. The second kappa shape index (κ2) is 10.7. The van der Waals surface area contributed by atoms with Crippen molar-refractivity contribution in [3.05, 3.63) is 93.2 Å². The normalized spacial score (nSPS) is 11.2. The number of rotatable bonds is 8. The Morgan fingerprint density at radius 2 is 1.91 bits per heavy atom. The van der Waals surface area contributed by atoms with Gasteiger partial charge >= 0.3 is 5.97 Å². The van der Waals surface area contributed by atoms with Crippen LogP contribution >= 0.6 is 22.9 Å². The second-order valence-electron chi connectivity index (χ2n) is 7.62. The van der Waals surface area contributed by atoms with E-state index in [1.54, 1.807) is 13.2 Å². The van der Waals surface area contributed by atoms with E-state index < -0.39 is 5.97 Å². The van der Waals surface area contributed by atoms with E-state index in [2.05, 4.69) is 10.1 Å². The van der Waals surface area contributed by atoms with Crippen molar-refractivity contribution in [3.8, 4) is 16.3 Å². The zero-order chi connectivity index (χ0) is 24.1. The molecule has 8 heteroatoms. The highest BCUT2D eigenvalue weighted by atomic mass is 35.5. The van der Waals surface area contributed by atoms with Gasteiger partial charge in [-0.05, 0) is 43.7 Å². The Hall–Kier alpha value is -3.42. The van der Waals surface area contributed by atoms with Gasteiger partial charge in [0.1, 0.15) is 17.4 Å². The highest BCUT2D eigenvalue weighted by molar-refractivity contribution is 7.13. The van der Waals surface area contributed by atoms with Gasteiger partial charge in [0.2, 0.25) is 0 Å². The van der Waals surface area contributed by atoms with Crippen molar-refractivity contribution in [2.75, 3.05) is 7.11 Å². The molecule has 6 nitrogen and oxygen atoms in total. The quantitative estimate of drug-likeness (QED) is 0.219. The van der Waals surface area contributed by atoms with Gasteiger partial charge in [-0.1, -0.05) is 41.9 Å². The van der Waals surface area contributed by atoms with Gasteiger partial charge in [0.05, 0.1) is 30.6 Å². The number of ether oxygens (including phenoxy) is 2. The fourth-order valence-corrected chi connectivity index (χ4v) is 4.59. The van der Waals surface area contributed by atoms with E-state index in [9.17, 15) is 4.79 Å². The summed E-state index contributed by atoms with van der Waals surface area (Å²) in [4.78, 5) is 16.9. The number of para-hydroxylation sites is 1. The lowest BCUT2D eigenvalue weighted by Gasteiger charge is -2.06. The molecule has 0 aliphatic carbocycles. The van der Waals surface area contributed by atoms with Crippen LogP contribution in [0.15, 0.2) is 60.0 Å². The Morgan fingerprint density at radius 3 is 2.71 bits per heavy atom. The van der Waals surface area contributed by atoms with Crippen LogP contribution < -0.4 is 4.74 Å². The minimum Gasteiger partial charge on any atom is -0.496 e. The zero-order valence-electron chi connectivity index (χ0n) is 19.1. The number of carbonyl (C=O) groups is 1. The molecule has 4 rings (SSSR count). The summed E-state index contributed by atoms with van der Waals surface area (Å²) in [7, 11) is 1.63. The van der Waals surface area contributed by atoms with Gasteiger partial charge < -0.3 is 9.47 Å². The van der Waals surface area contributed by atoms with Crippen LogP contribution in [0.2, 0.25) is 5.02 Å². The Morgan fingerprint density at radius 1 is 1.15 bits per heavy atom. The first-order chi connectivity index (χ1) is 16.5. The predicted octanol–water partition coefficient (Wildman–Crippen LogP) is 6.09. The Kier molecular flexibility index (Phi) is 7.45. The highest BCUT2D eigenvalue weighted by Crippen LogP contribution is 2.32. The Bertz CT molecular complexity index is 1340. The number of esters is 1. The first kappa shape index (κ1) is 23.7. The molecular formula is C26H24ClN3O3S. The van der Waals surface area contributed by atoms with Crippen molar-refractivity contribution < 1.29 is 14.3 Å². The zero-order valence-corrected chi connectivity index (χ0v) is 20.7. The average Bonchev–Trinajstić information content (AvgIpc) is 3.42. The summed E-state index contributed by atoms with van der Waals surface area (Å²) in [5.74, 6) is 0.314. The van der Waals surface area contributed by atoms with Crippen molar-refractivity contribution in [1.29, 1.82) is 0 Å². The van der Waals surface area contributed by atoms with Gasteiger partial charge in [-0.15, -0.1) is 11.3 Å². The SMILES string of the molecule is COc1ccccc1-c1nc(COC(=O)/C=C/c2c(C)nn(Cc3ccccc3Cl)c2C)cs1. The molecule has 0 N–H and O–H groups in total. The highest BCUT2D eigenvalue weighted by Gasteiger charge is 2.13. The topological polar surface area (TPSA) is 66.2 Å². The summed E-state index contributed by atoms with van der Waals surface area (Å²) in [6.07, 6.45) is 3.16. The van der Waals surface area contributed by atoms with Gasteiger partial charge in [0.25, 0.3) is 0 Å².